The van der Waals surface area contributed by atoms with Gasteiger partial charge in [0.05, 0.1) is 12.6 Å². The molecule has 4 nitrogen and oxygen atoms in total. The van der Waals surface area contributed by atoms with Crippen molar-refractivity contribution in [2.45, 2.75) is 32.2 Å². The molecule has 2 aromatic rings. The summed E-state index contributed by atoms with van der Waals surface area (Å²) in [7, 11) is 4.00. The number of nitrogens with one attached hydrogen (secondary N) is 1. The van der Waals surface area contributed by atoms with Gasteiger partial charge in [0.2, 0.25) is 5.91 Å². The first-order chi connectivity index (χ1) is 13.0. The molecule has 1 amide bonds. The van der Waals surface area contributed by atoms with Crippen LogP contribution in [0, 0.1) is 5.82 Å². The minimum Gasteiger partial charge on any atom is -0.494 e. The van der Waals surface area contributed by atoms with E-state index in [1.807, 2.05) is 45.3 Å². The Bertz CT molecular complexity index is 699. The van der Waals surface area contributed by atoms with Gasteiger partial charge >= 0.3 is 0 Å². The second-order valence-electron chi connectivity index (χ2n) is 6.77. The smallest absolute Gasteiger partial charge is 0.220 e. The molecule has 1 unspecified atom stereocenters. The highest BCUT2D eigenvalue weighted by Gasteiger charge is 2.15. The number of amides is 1. The lowest BCUT2D eigenvalue weighted by molar-refractivity contribution is -0.121. The van der Waals surface area contributed by atoms with Crippen LogP contribution >= 0.6 is 0 Å². The number of aryl methyl sites for hydroxylation is 1. The molecule has 0 fully saturated rings. The number of nitrogens with zero attached hydrogens (tertiary/aromatic N) is 1. The molecule has 0 spiro atoms. The molecule has 27 heavy (non-hydrogen) atoms. The molecule has 0 aliphatic rings. The summed E-state index contributed by atoms with van der Waals surface area (Å²) in [4.78, 5) is 14.3. The number of carbonyl (C=O) groups is 1. The highest BCUT2D eigenvalue weighted by molar-refractivity contribution is 5.75. The van der Waals surface area contributed by atoms with E-state index in [1.54, 1.807) is 12.1 Å². The Labute approximate surface area is 161 Å². The van der Waals surface area contributed by atoms with Crippen LogP contribution in [0.2, 0.25) is 0 Å². The number of benzene rings is 2. The average Bonchev–Trinajstić information content (AvgIpc) is 2.65. The van der Waals surface area contributed by atoms with Crippen molar-refractivity contribution in [3.05, 3.63) is 65.5 Å². The van der Waals surface area contributed by atoms with Gasteiger partial charge in [-0.05, 0) is 69.3 Å². The van der Waals surface area contributed by atoms with Gasteiger partial charge in [-0.3, -0.25) is 4.79 Å². The van der Waals surface area contributed by atoms with Crippen molar-refractivity contribution in [3.63, 3.8) is 0 Å². The molecule has 0 radical (unpaired) electrons. The van der Waals surface area contributed by atoms with Crippen LogP contribution in [0.25, 0.3) is 0 Å². The normalized spacial score (nSPS) is 12.0. The van der Waals surface area contributed by atoms with E-state index in [1.165, 1.54) is 12.1 Å². The number of rotatable bonds is 10. The van der Waals surface area contributed by atoms with Gasteiger partial charge in [0.15, 0.2) is 0 Å². The van der Waals surface area contributed by atoms with Gasteiger partial charge in [-0.2, -0.15) is 0 Å². The fourth-order valence-corrected chi connectivity index (χ4v) is 2.95. The predicted molar refractivity (Wildman–Crippen MR) is 106 cm³/mol. The molecule has 5 heteroatoms. The Balaban J connectivity index is 1.80. The number of halogens is 1. The van der Waals surface area contributed by atoms with Crippen molar-refractivity contribution in [2.75, 3.05) is 27.2 Å². The largest absolute Gasteiger partial charge is 0.494 e. The molecule has 1 N–H and O–H groups in total. The molecular weight excluding hydrogens is 343 g/mol. The van der Waals surface area contributed by atoms with Crippen molar-refractivity contribution >= 4 is 5.91 Å². The summed E-state index contributed by atoms with van der Waals surface area (Å²) in [6, 6.07) is 14.5. The summed E-state index contributed by atoms with van der Waals surface area (Å²) in [6.45, 7) is 3.16. The Morgan fingerprint density at radius 1 is 1.11 bits per heavy atom. The molecular formula is C22H29FN2O2. The molecule has 0 bridgehead atoms. The maximum Gasteiger partial charge on any atom is 0.220 e. The minimum absolute atomic E-state index is 0.0369. The maximum absolute atomic E-state index is 12.9. The van der Waals surface area contributed by atoms with E-state index in [-0.39, 0.29) is 17.8 Å². The van der Waals surface area contributed by atoms with Gasteiger partial charge in [-0.15, -0.1) is 0 Å². The number of carbonyl (C=O) groups excluding carboxylic acids is 1. The zero-order valence-electron chi connectivity index (χ0n) is 16.4. The summed E-state index contributed by atoms with van der Waals surface area (Å²) in [5.41, 5.74) is 2.18. The predicted octanol–water partition coefficient (Wildman–Crippen LogP) is 3.97. The lowest BCUT2D eigenvalue weighted by Gasteiger charge is -2.25. The number of ether oxygens (including phenoxy) is 1. The van der Waals surface area contributed by atoms with E-state index in [2.05, 4.69) is 10.2 Å². The van der Waals surface area contributed by atoms with Crippen molar-refractivity contribution in [1.29, 1.82) is 0 Å². The third-order valence-electron chi connectivity index (χ3n) is 4.47. The Morgan fingerprint density at radius 2 is 1.78 bits per heavy atom. The fraction of sp³-hybridized carbons (Fsp3) is 0.409. The molecule has 0 saturated carbocycles. The summed E-state index contributed by atoms with van der Waals surface area (Å²) >= 11 is 0. The van der Waals surface area contributed by atoms with E-state index in [9.17, 15) is 9.18 Å². The second-order valence-corrected chi connectivity index (χ2v) is 6.77. The summed E-state index contributed by atoms with van der Waals surface area (Å²) in [6.07, 6.45) is 1.97. The van der Waals surface area contributed by atoms with E-state index >= 15 is 0 Å². The minimum atomic E-state index is -0.236. The number of hydrogen-bond acceptors (Lipinski definition) is 3. The van der Waals surface area contributed by atoms with Crippen LogP contribution in [0.15, 0.2) is 48.5 Å². The zero-order valence-corrected chi connectivity index (χ0v) is 16.4. The number of likely N-dealkylation sites (N-methyl/N-ethyl adjacent to an activating group) is 1. The lowest BCUT2D eigenvalue weighted by atomic mass is 10.1. The average molecular weight is 372 g/mol. The van der Waals surface area contributed by atoms with E-state index in [4.69, 9.17) is 4.74 Å². The third kappa shape index (κ3) is 7.02. The van der Waals surface area contributed by atoms with Crippen LogP contribution in [0.5, 0.6) is 5.75 Å². The van der Waals surface area contributed by atoms with Crippen LogP contribution in [0.4, 0.5) is 4.39 Å². The van der Waals surface area contributed by atoms with Gasteiger partial charge in [0.25, 0.3) is 0 Å². The Morgan fingerprint density at radius 3 is 2.37 bits per heavy atom. The Kier molecular flexibility index (Phi) is 8.27. The SMILES string of the molecule is CCOc1ccc(C(CNC(=O)CCCc2ccc(F)cc2)N(C)C)cc1. The first-order valence-corrected chi connectivity index (χ1v) is 9.40. The van der Waals surface area contributed by atoms with Crippen molar-refractivity contribution in [3.8, 4) is 5.75 Å². The van der Waals surface area contributed by atoms with Crippen LogP contribution in [0.3, 0.4) is 0 Å². The molecule has 0 aliphatic carbocycles. The van der Waals surface area contributed by atoms with Crippen molar-refractivity contribution in [1.82, 2.24) is 10.2 Å². The van der Waals surface area contributed by atoms with Crippen LogP contribution < -0.4 is 10.1 Å². The summed E-state index contributed by atoms with van der Waals surface area (Å²) < 4.78 is 18.4. The van der Waals surface area contributed by atoms with Crippen molar-refractivity contribution in [2.24, 2.45) is 0 Å². The molecule has 0 heterocycles. The van der Waals surface area contributed by atoms with Crippen molar-refractivity contribution < 1.29 is 13.9 Å². The summed E-state index contributed by atoms with van der Waals surface area (Å²) in [5.74, 6) is 0.652. The molecule has 0 aliphatic heterocycles. The number of hydrogen-bond donors (Lipinski definition) is 1. The fourth-order valence-electron chi connectivity index (χ4n) is 2.95. The van der Waals surface area contributed by atoms with Gasteiger partial charge in [-0.25, -0.2) is 4.39 Å². The van der Waals surface area contributed by atoms with Gasteiger partial charge in [-0.1, -0.05) is 24.3 Å². The van der Waals surface area contributed by atoms with Gasteiger partial charge in [0.1, 0.15) is 11.6 Å². The van der Waals surface area contributed by atoms with E-state index < -0.39 is 0 Å². The standard InChI is InChI=1S/C22H29FN2O2/c1-4-27-20-14-10-18(11-15-20)21(25(2)3)16-24-22(26)7-5-6-17-8-12-19(23)13-9-17/h8-15,21H,4-7,16H2,1-3H3,(H,24,26). The van der Waals surface area contributed by atoms with E-state index in [0.29, 0.717) is 19.6 Å². The second kappa shape index (κ2) is 10.7. The quantitative estimate of drug-likeness (QED) is 0.686. The van der Waals surface area contributed by atoms with E-state index in [0.717, 1.165) is 29.7 Å². The lowest BCUT2D eigenvalue weighted by Crippen LogP contribution is -2.34. The first kappa shape index (κ1) is 20.9. The molecule has 1 atom stereocenters. The monoisotopic (exact) mass is 372 g/mol. The molecule has 0 saturated heterocycles. The zero-order chi connectivity index (χ0) is 19.6. The molecule has 2 aromatic carbocycles. The van der Waals surface area contributed by atoms with Gasteiger partial charge in [0, 0.05) is 13.0 Å². The van der Waals surface area contributed by atoms with Gasteiger partial charge < -0.3 is 15.0 Å². The first-order valence-electron chi connectivity index (χ1n) is 9.40. The highest BCUT2D eigenvalue weighted by atomic mass is 19.1. The Hall–Kier alpha value is -2.40. The third-order valence-corrected chi connectivity index (χ3v) is 4.47. The molecule has 2 rings (SSSR count). The topological polar surface area (TPSA) is 41.6 Å². The highest BCUT2D eigenvalue weighted by Crippen LogP contribution is 2.21. The molecule has 0 aromatic heterocycles. The summed E-state index contributed by atoms with van der Waals surface area (Å²) in [5, 5.41) is 3.03. The maximum atomic E-state index is 12.9. The van der Waals surface area contributed by atoms with Crippen LogP contribution in [-0.2, 0) is 11.2 Å². The van der Waals surface area contributed by atoms with Crippen LogP contribution in [-0.4, -0.2) is 38.1 Å². The molecule has 146 valence electrons. The van der Waals surface area contributed by atoms with Crippen LogP contribution in [0.1, 0.15) is 36.9 Å².